The molecule has 0 fully saturated rings. The van der Waals surface area contributed by atoms with Gasteiger partial charge >= 0.3 is 6.03 Å². The van der Waals surface area contributed by atoms with Gasteiger partial charge in [0.15, 0.2) is 0 Å². The first kappa shape index (κ1) is 14.6. The third kappa shape index (κ3) is 4.40. The highest BCUT2D eigenvalue weighted by atomic mass is 16.2. The van der Waals surface area contributed by atoms with Crippen LogP contribution >= 0.6 is 0 Å². The van der Waals surface area contributed by atoms with Crippen LogP contribution in [-0.4, -0.2) is 18.6 Å². The number of rotatable bonds is 5. The fraction of sp³-hybridized carbons (Fsp3) is 0.533. The van der Waals surface area contributed by atoms with Crippen molar-refractivity contribution in [1.82, 2.24) is 10.6 Å². The number of urea groups is 1. The van der Waals surface area contributed by atoms with Crippen LogP contribution in [0.2, 0.25) is 0 Å². The Labute approximate surface area is 110 Å². The molecule has 3 nitrogen and oxygen atoms in total. The molecule has 2 amide bonds. The number of hydrogen-bond acceptors (Lipinski definition) is 1. The quantitative estimate of drug-likeness (QED) is 0.826. The smallest absolute Gasteiger partial charge is 0.315 e. The van der Waals surface area contributed by atoms with E-state index in [0.717, 1.165) is 6.42 Å². The molecule has 0 aliphatic carbocycles. The summed E-state index contributed by atoms with van der Waals surface area (Å²) in [5, 5.41) is 5.84. The Balaban J connectivity index is 2.50. The predicted octanol–water partition coefficient (Wildman–Crippen LogP) is 3.06. The molecule has 0 saturated carbocycles. The predicted molar refractivity (Wildman–Crippen MR) is 75.8 cm³/mol. The van der Waals surface area contributed by atoms with Gasteiger partial charge in [0.25, 0.3) is 0 Å². The monoisotopic (exact) mass is 248 g/mol. The van der Waals surface area contributed by atoms with Crippen molar-refractivity contribution in [2.24, 2.45) is 0 Å². The highest BCUT2D eigenvalue weighted by Crippen LogP contribution is 2.21. The second-order valence-electron chi connectivity index (χ2n) is 5.39. The molecular weight excluding hydrogens is 224 g/mol. The molecule has 1 rings (SSSR count). The van der Waals surface area contributed by atoms with Gasteiger partial charge in [-0.1, -0.05) is 51.1 Å². The summed E-state index contributed by atoms with van der Waals surface area (Å²) in [4.78, 5) is 11.7. The van der Waals surface area contributed by atoms with Crippen LogP contribution < -0.4 is 10.6 Å². The van der Waals surface area contributed by atoms with Crippen LogP contribution in [0.4, 0.5) is 4.79 Å². The average molecular weight is 248 g/mol. The van der Waals surface area contributed by atoms with Crippen molar-refractivity contribution in [2.45, 2.75) is 45.6 Å². The van der Waals surface area contributed by atoms with Crippen molar-refractivity contribution in [3.05, 3.63) is 35.9 Å². The van der Waals surface area contributed by atoms with Gasteiger partial charge in [0.05, 0.1) is 0 Å². The van der Waals surface area contributed by atoms with Crippen molar-refractivity contribution < 1.29 is 4.79 Å². The van der Waals surface area contributed by atoms with E-state index in [2.05, 4.69) is 43.5 Å². The van der Waals surface area contributed by atoms with Gasteiger partial charge in [-0.3, -0.25) is 0 Å². The van der Waals surface area contributed by atoms with Crippen LogP contribution in [0.3, 0.4) is 0 Å². The zero-order valence-corrected chi connectivity index (χ0v) is 11.8. The van der Waals surface area contributed by atoms with E-state index < -0.39 is 0 Å². The first-order chi connectivity index (χ1) is 8.45. The number of nitrogens with one attached hydrogen (secondary N) is 2. The summed E-state index contributed by atoms with van der Waals surface area (Å²) in [5.41, 5.74) is 1.17. The van der Waals surface area contributed by atoms with E-state index in [-0.39, 0.29) is 17.5 Å². The number of amides is 2. The largest absolute Gasteiger partial charge is 0.337 e. The highest BCUT2D eigenvalue weighted by molar-refractivity contribution is 5.74. The minimum atomic E-state index is -0.0895. The second-order valence-corrected chi connectivity index (χ2v) is 5.39. The van der Waals surface area contributed by atoms with E-state index in [0.29, 0.717) is 6.54 Å². The topological polar surface area (TPSA) is 41.1 Å². The van der Waals surface area contributed by atoms with E-state index in [9.17, 15) is 4.79 Å². The molecule has 0 spiro atoms. The molecule has 0 bridgehead atoms. The number of carbonyl (C=O) groups is 1. The molecule has 100 valence electrons. The highest BCUT2D eigenvalue weighted by Gasteiger charge is 2.21. The van der Waals surface area contributed by atoms with Crippen molar-refractivity contribution in [1.29, 1.82) is 0 Å². The van der Waals surface area contributed by atoms with Gasteiger partial charge in [-0.2, -0.15) is 0 Å². The summed E-state index contributed by atoms with van der Waals surface area (Å²) in [6, 6.07) is 10.4. The fourth-order valence-electron chi connectivity index (χ4n) is 1.67. The lowest BCUT2D eigenvalue weighted by Crippen LogP contribution is -2.45. The Bertz CT molecular complexity index is 373. The van der Waals surface area contributed by atoms with Gasteiger partial charge in [-0.25, -0.2) is 4.79 Å². The van der Waals surface area contributed by atoms with Crippen molar-refractivity contribution in [3.8, 4) is 0 Å². The maximum Gasteiger partial charge on any atom is 0.315 e. The normalized spacial score (nSPS) is 12.9. The van der Waals surface area contributed by atoms with Crippen molar-refractivity contribution in [2.75, 3.05) is 6.54 Å². The second kappa shape index (κ2) is 6.43. The molecule has 1 aromatic rings. The maximum atomic E-state index is 11.7. The molecular formula is C15H24N2O. The first-order valence-electron chi connectivity index (χ1n) is 6.55. The molecule has 3 heteroatoms. The standard InChI is InChI=1S/C15H24N2O/c1-5-12(2)17-14(18)16-11-15(3,4)13-9-7-6-8-10-13/h6-10,12H,5,11H2,1-4H3,(H2,16,17,18). The molecule has 1 aromatic carbocycles. The minimum absolute atomic E-state index is 0.0615. The van der Waals surface area contributed by atoms with Crippen LogP contribution in [-0.2, 0) is 5.41 Å². The van der Waals surface area contributed by atoms with Gasteiger partial charge in [0, 0.05) is 18.0 Å². The Morgan fingerprint density at radius 1 is 1.28 bits per heavy atom. The molecule has 0 aliphatic heterocycles. The summed E-state index contributed by atoms with van der Waals surface area (Å²) in [5.74, 6) is 0. The lowest BCUT2D eigenvalue weighted by molar-refractivity contribution is 0.235. The lowest BCUT2D eigenvalue weighted by Gasteiger charge is -2.26. The van der Waals surface area contributed by atoms with E-state index in [1.54, 1.807) is 0 Å². The van der Waals surface area contributed by atoms with Gasteiger partial charge in [0.1, 0.15) is 0 Å². The van der Waals surface area contributed by atoms with E-state index in [1.165, 1.54) is 5.56 Å². The van der Waals surface area contributed by atoms with Crippen LogP contribution in [0.5, 0.6) is 0 Å². The van der Waals surface area contributed by atoms with E-state index in [1.807, 2.05) is 25.1 Å². The number of benzene rings is 1. The van der Waals surface area contributed by atoms with E-state index in [4.69, 9.17) is 0 Å². The Hall–Kier alpha value is -1.51. The summed E-state index contributed by atoms with van der Waals surface area (Å²) >= 11 is 0. The van der Waals surface area contributed by atoms with Crippen LogP contribution in [0.15, 0.2) is 30.3 Å². The number of hydrogen-bond donors (Lipinski definition) is 2. The lowest BCUT2D eigenvalue weighted by atomic mass is 9.85. The first-order valence-corrected chi connectivity index (χ1v) is 6.55. The Kier molecular flexibility index (Phi) is 5.20. The maximum absolute atomic E-state index is 11.7. The molecule has 0 aliphatic rings. The molecule has 1 unspecified atom stereocenters. The molecule has 1 atom stereocenters. The molecule has 0 heterocycles. The van der Waals surface area contributed by atoms with Gasteiger partial charge in [0.2, 0.25) is 0 Å². The summed E-state index contributed by atoms with van der Waals surface area (Å²) in [6.07, 6.45) is 0.940. The van der Waals surface area contributed by atoms with Crippen LogP contribution in [0.25, 0.3) is 0 Å². The SMILES string of the molecule is CCC(C)NC(=O)NCC(C)(C)c1ccccc1. The van der Waals surface area contributed by atoms with Gasteiger partial charge < -0.3 is 10.6 Å². The Morgan fingerprint density at radius 2 is 1.89 bits per heavy atom. The molecule has 18 heavy (non-hydrogen) atoms. The molecule has 0 aromatic heterocycles. The minimum Gasteiger partial charge on any atom is -0.337 e. The van der Waals surface area contributed by atoms with Crippen LogP contribution in [0.1, 0.15) is 39.7 Å². The molecule has 0 saturated heterocycles. The van der Waals surface area contributed by atoms with E-state index >= 15 is 0 Å². The van der Waals surface area contributed by atoms with Gasteiger partial charge in [-0.05, 0) is 18.9 Å². The van der Waals surface area contributed by atoms with Crippen LogP contribution in [0, 0.1) is 0 Å². The Morgan fingerprint density at radius 3 is 2.44 bits per heavy atom. The zero-order valence-electron chi connectivity index (χ0n) is 11.8. The third-order valence-corrected chi connectivity index (χ3v) is 3.24. The van der Waals surface area contributed by atoms with Crippen molar-refractivity contribution in [3.63, 3.8) is 0 Å². The average Bonchev–Trinajstić information content (AvgIpc) is 2.37. The zero-order chi connectivity index (χ0) is 13.6. The number of carbonyl (C=O) groups excluding carboxylic acids is 1. The fourth-order valence-corrected chi connectivity index (χ4v) is 1.67. The molecule has 0 radical (unpaired) electrons. The summed E-state index contributed by atoms with van der Waals surface area (Å²) in [6.45, 7) is 8.94. The summed E-state index contributed by atoms with van der Waals surface area (Å²) < 4.78 is 0. The molecule has 2 N–H and O–H groups in total. The van der Waals surface area contributed by atoms with Crippen molar-refractivity contribution >= 4 is 6.03 Å². The summed E-state index contributed by atoms with van der Waals surface area (Å²) in [7, 11) is 0. The third-order valence-electron chi connectivity index (χ3n) is 3.24. The van der Waals surface area contributed by atoms with Gasteiger partial charge in [-0.15, -0.1) is 0 Å².